The molecule has 4 rings (SSSR count). The number of benzene rings is 1. The van der Waals surface area contributed by atoms with Crippen LogP contribution in [-0.2, 0) is 11.3 Å². The maximum Gasteiger partial charge on any atom is 0.350 e. The fraction of sp³-hybridized carbons (Fsp3) is 0.500. The molecule has 222 valence electrons. The van der Waals surface area contributed by atoms with Gasteiger partial charge in [-0.05, 0) is 50.3 Å². The van der Waals surface area contributed by atoms with Crippen LogP contribution in [0.4, 0.5) is 22.7 Å². The van der Waals surface area contributed by atoms with E-state index in [0.29, 0.717) is 57.8 Å². The average molecular weight is 587 g/mol. The Balaban J connectivity index is 1.67. The first-order valence-electron chi connectivity index (χ1n) is 13.5. The number of esters is 1. The number of aliphatic hydroxyl groups is 1. The fourth-order valence-corrected chi connectivity index (χ4v) is 5.62. The van der Waals surface area contributed by atoms with Gasteiger partial charge in [0.1, 0.15) is 16.5 Å². The molecule has 1 aliphatic rings. The van der Waals surface area contributed by atoms with Gasteiger partial charge in [0, 0.05) is 39.4 Å². The van der Waals surface area contributed by atoms with Crippen LogP contribution in [0.3, 0.4) is 0 Å². The van der Waals surface area contributed by atoms with E-state index in [1.54, 1.807) is 35.2 Å². The largest absolute Gasteiger partial charge is 0.493 e. The number of carbonyl (C=O) groups is 1. The van der Waals surface area contributed by atoms with Crippen molar-refractivity contribution in [2.24, 2.45) is 5.92 Å². The molecule has 0 spiro atoms. The molecule has 1 aromatic carbocycles. The van der Waals surface area contributed by atoms with Crippen molar-refractivity contribution in [3.05, 3.63) is 34.3 Å². The van der Waals surface area contributed by atoms with Gasteiger partial charge in [-0.2, -0.15) is 9.97 Å². The third-order valence-corrected chi connectivity index (χ3v) is 7.86. The molecule has 2 N–H and O–H groups in total. The van der Waals surface area contributed by atoms with E-state index in [-0.39, 0.29) is 19.1 Å². The number of anilines is 4. The van der Waals surface area contributed by atoms with Crippen LogP contribution in [0.25, 0.3) is 0 Å². The lowest BCUT2D eigenvalue weighted by Gasteiger charge is -2.33. The summed E-state index contributed by atoms with van der Waals surface area (Å²) in [6.45, 7) is 5.98. The number of piperidine rings is 1. The average Bonchev–Trinajstić information content (AvgIpc) is 3.35. The Bertz CT molecular complexity index is 1330. The lowest BCUT2D eigenvalue weighted by Crippen LogP contribution is -2.37. The van der Waals surface area contributed by atoms with Crippen molar-refractivity contribution in [2.45, 2.75) is 33.2 Å². The number of thiazole rings is 1. The highest BCUT2D eigenvalue weighted by Crippen LogP contribution is 2.39. The highest BCUT2D eigenvalue weighted by molar-refractivity contribution is 7.17. The highest BCUT2D eigenvalue weighted by Gasteiger charge is 2.23. The molecular weight excluding hydrogens is 548 g/mol. The topological polar surface area (TPSA) is 131 Å². The summed E-state index contributed by atoms with van der Waals surface area (Å²) in [6, 6.07) is 5.76. The van der Waals surface area contributed by atoms with E-state index in [1.807, 2.05) is 30.1 Å². The molecule has 3 aromatic rings. The first-order chi connectivity index (χ1) is 19.8. The van der Waals surface area contributed by atoms with E-state index in [0.717, 1.165) is 30.8 Å². The van der Waals surface area contributed by atoms with Crippen LogP contribution < -0.4 is 29.3 Å². The van der Waals surface area contributed by atoms with E-state index in [2.05, 4.69) is 15.2 Å². The van der Waals surface area contributed by atoms with Crippen LogP contribution in [0.2, 0.25) is 0 Å². The first kappa shape index (κ1) is 30.1. The van der Waals surface area contributed by atoms with Gasteiger partial charge >= 0.3 is 5.97 Å². The van der Waals surface area contributed by atoms with Gasteiger partial charge in [0.05, 0.1) is 33.6 Å². The Kier molecular flexibility index (Phi) is 10.1. The fourth-order valence-electron chi connectivity index (χ4n) is 4.77. The molecule has 1 aliphatic heterocycles. The second kappa shape index (κ2) is 13.7. The molecule has 0 radical (unpaired) electrons. The van der Waals surface area contributed by atoms with Gasteiger partial charge in [-0.3, -0.25) is 5.32 Å². The summed E-state index contributed by atoms with van der Waals surface area (Å²) in [5.41, 5.74) is 1.51. The minimum absolute atomic E-state index is 0.135. The summed E-state index contributed by atoms with van der Waals surface area (Å²) >= 11 is 1.20. The summed E-state index contributed by atoms with van der Waals surface area (Å²) in [5.74, 6) is 3.22. The maximum atomic E-state index is 12.3. The van der Waals surface area contributed by atoms with Gasteiger partial charge in [0.15, 0.2) is 16.6 Å². The van der Waals surface area contributed by atoms with Crippen LogP contribution in [0.1, 0.15) is 40.7 Å². The Morgan fingerprint density at radius 1 is 1.15 bits per heavy atom. The summed E-state index contributed by atoms with van der Waals surface area (Å²) < 4.78 is 21.7. The lowest BCUT2D eigenvalue weighted by molar-refractivity contribution is 0.0531. The number of rotatable bonds is 12. The molecule has 1 atom stereocenters. The predicted molar refractivity (Wildman–Crippen MR) is 158 cm³/mol. The van der Waals surface area contributed by atoms with Crippen molar-refractivity contribution in [1.29, 1.82) is 0 Å². The van der Waals surface area contributed by atoms with E-state index >= 15 is 0 Å². The molecule has 41 heavy (non-hydrogen) atoms. The van der Waals surface area contributed by atoms with Gasteiger partial charge in [-0.25, -0.2) is 9.78 Å². The summed E-state index contributed by atoms with van der Waals surface area (Å²) in [5, 5.41) is 13.5. The minimum Gasteiger partial charge on any atom is -0.493 e. The van der Waals surface area contributed by atoms with Crippen LogP contribution in [0.15, 0.2) is 18.2 Å². The smallest absolute Gasteiger partial charge is 0.350 e. The van der Waals surface area contributed by atoms with E-state index in [4.69, 9.17) is 28.9 Å². The molecule has 1 saturated heterocycles. The molecule has 13 heteroatoms. The molecule has 0 bridgehead atoms. The summed E-state index contributed by atoms with van der Waals surface area (Å²) in [6.07, 6.45) is 1.94. The van der Waals surface area contributed by atoms with Gasteiger partial charge in [0.2, 0.25) is 11.7 Å². The molecule has 0 aliphatic carbocycles. The molecule has 1 fully saturated rings. The maximum absolute atomic E-state index is 12.3. The Morgan fingerprint density at radius 2 is 1.88 bits per heavy atom. The number of nitrogens with zero attached hydrogens (tertiary/aromatic N) is 5. The van der Waals surface area contributed by atoms with Gasteiger partial charge in [-0.15, -0.1) is 0 Å². The number of carbonyl (C=O) groups excluding carboxylic acids is 1. The molecular formula is C28H38N6O6S. The molecule has 12 nitrogen and oxygen atoms in total. The molecule has 0 amide bonds. The normalized spacial score (nSPS) is 14.9. The Hall–Kier alpha value is -3.84. The standard InChI is InChI=1S/C28H38N6O6S/c1-7-40-26(36)25-17(2)29-28(41-25)32-27-30-22(13-23(31-27)34-10-8-9-18(15-34)16-35)33(3)14-19-11-20(37-4)24(39-6)21(12-19)38-5/h11-13,18,35H,7-10,14-16H2,1-6H3,(H,29,30,31,32). The first-order valence-corrected chi connectivity index (χ1v) is 14.3. The summed E-state index contributed by atoms with van der Waals surface area (Å²) in [7, 11) is 6.69. The zero-order valence-corrected chi connectivity index (χ0v) is 25.2. The minimum atomic E-state index is -0.403. The molecule has 0 saturated carbocycles. The molecule has 1 unspecified atom stereocenters. The summed E-state index contributed by atoms with van der Waals surface area (Å²) in [4.78, 5) is 31.0. The second-order valence-electron chi connectivity index (χ2n) is 9.71. The van der Waals surface area contributed by atoms with Crippen LogP contribution in [0.5, 0.6) is 17.2 Å². The third-order valence-electron chi connectivity index (χ3n) is 6.81. The molecule has 2 aromatic heterocycles. The van der Waals surface area contributed by atoms with Crippen LogP contribution in [0, 0.1) is 12.8 Å². The van der Waals surface area contributed by atoms with Gasteiger partial charge < -0.3 is 33.9 Å². The van der Waals surface area contributed by atoms with E-state index < -0.39 is 5.97 Å². The number of aliphatic hydroxyl groups excluding tert-OH is 1. The quantitative estimate of drug-likeness (QED) is 0.297. The number of nitrogens with one attached hydrogen (secondary N) is 1. The number of hydrogen-bond acceptors (Lipinski definition) is 13. The SMILES string of the molecule is CCOC(=O)c1sc(Nc2nc(N(C)Cc3cc(OC)c(OC)c(OC)c3)cc(N3CCCC(CO)C3)n2)nc1C. The number of aryl methyl sites for hydroxylation is 1. The Labute approximate surface area is 244 Å². The zero-order valence-electron chi connectivity index (χ0n) is 24.4. The van der Waals surface area contributed by atoms with Crippen LogP contribution in [-0.4, -0.2) is 80.7 Å². The Morgan fingerprint density at radius 3 is 2.51 bits per heavy atom. The number of aromatic nitrogens is 3. The number of ether oxygens (including phenoxy) is 4. The van der Waals surface area contributed by atoms with Crippen molar-refractivity contribution in [3.63, 3.8) is 0 Å². The second-order valence-corrected chi connectivity index (χ2v) is 10.7. The highest BCUT2D eigenvalue weighted by atomic mass is 32.1. The van der Waals surface area contributed by atoms with Crippen molar-refractivity contribution in [3.8, 4) is 17.2 Å². The number of methoxy groups -OCH3 is 3. The third kappa shape index (κ3) is 7.09. The predicted octanol–water partition coefficient (Wildman–Crippen LogP) is 4.03. The van der Waals surface area contributed by atoms with Crippen molar-refractivity contribution in [2.75, 3.05) is 69.8 Å². The van der Waals surface area contributed by atoms with Crippen molar-refractivity contribution in [1.82, 2.24) is 15.0 Å². The number of hydrogen-bond donors (Lipinski definition) is 2. The van der Waals surface area contributed by atoms with Crippen LogP contribution >= 0.6 is 11.3 Å². The lowest BCUT2D eigenvalue weighted by atomic mass is 9.99. The zero-order chi connectivity index (χ0) is 29.5. The van der Waals surface area contributed by atoms with E-state index in [9.17, 15) is 9.90 Å². The van der Waals surface area contributed by atoms with Crippen molar-refractivity contribution < 1.29 is 28.8 Å². The van der Waals surface area contributed by atoms with E-state index in [1.165, 1.54) is 11.3 Å². The monoisotopic (exact) mass is 586 g/mol. The van der Waals surface area contributed by atoms with Gasteiger partial charge in [0.25, 0.3) is 0 Å². The van der Waals surface area contributed by atoms with Gasteiger partial charge in [-0.1, -0.05) is 11.3 Å². The molecule has 3 heterocycles. The van der Waals surface area contributed by atoms with Crippen molar-refractivity contribution >= 4 is 40.0 Å².